The van der Waals surface area contributed by atoms with Gasteiger partial charge in [0, 0.05) is 6.07 Å². The molecular weight excluding hydrogens is 252 g/mol. The molecule has 0 bridgehead atoms. The Hall–Kier alpha value is -1.23. The molecule has 1 aromatic carbocycles. The van der Waals surface area contributed by atoms with Crippen molar-refractivity contribution in [2.45, 2.75) is 0 Å². The van der Waals surface area contributed by atoms with Crippen molar-refractivity contribution in [3.63, 3.8) is 0 Å². The van der Waals surface area contributed by atoms with Crippen LogP contribution in [0.2, 0.25) is 0 Å². The highest BCUT2D eigenvalue weighted by Crippen LogP contribution is 2.40. The van der Waals surface area contributed by atoms with Gasteiger partial charge in [-0.25, -0.2) is 0 Å². The molecule has 0 heterocycles. The van der Waals surface area contributed by atoms with Gasteiger partial charge in [-0.15, -0.1) is 0 Å². The fourth-order valence-electron chi connectivity index (χ4n) is 1.03. The van der Waals surface area contributed by atoms with Gasteiger partial charge >= 0.3 is 0 Å². The zero-order valence-electron chi connectivity index (χ0n) is 7.70. The van der Waals surface area contributed by atoms with Crippen LogP contribution >= 0.6 is 15.9 Å². The first kappa shape index (κ1) is 10.8. The molecule has 0 atom stereocenters. The monoisotopic (exact) mass is 260 g/mol. The van der Waals surface area contributed by atoms with Crippen LogP contribution in [0.1, 0.15) is 10.4 Å². The molecule has 0 aliphatic carbocycles. The summed E-state index contributed by atoms with van der Waals surface area (Å²) in [5.74, 6) is 0.434. The third-order valence-electron chi connectivity index (χ3n) is 1.76. The van der Waals surface area contributed by atoms with Gasteiger partial charge in [-0.1, -0.05) is 0 Å². The van der Waals surface area contributed by atoms with Gasteiger partial charge in [-0.05, 0) is 15.9 Å². The van der Waals surface area contributed by atoms with E-state index in [0.717, 1.165) is 0 Å². The fourth-order valence-corrected chi connectivity index (χ4v) is 1.59. The quantitative estimate of drug-likeness (QED) is 0.845. The highest BCUT2D eigenvalue weighted by Gasteiger charge is 2.16. The van der Waals surface area contributed by atoms with Gasteiger partial charge in [0.05, 0.1) is 24.3 Å². The molecule has 1 N–H and O–H groups in total. The molecule has 76 valence electrons. The Morgan fingerprint density at radius 3 is 2.36 bits per heavy atom. The number of benzene rings is 1. The van der Waals surface area contributed by atoms with E-state index in [1.165, 1.54) is 20.3 Å². The fraction of sp³-hybridized carbons (Fsp3) is 0.222. The van der Waals surface area contributed by atoms with Crippen LogP contribution in [-0.2, 0) is 0 Å². The second-order valence-corrected chi connectivity index (χ2v) is 3.27. The Bertz CT molecular complexity index is 334. The summed E-state index contributed by atoms with van der Waals surface area (Å²) in [6.07, 6.45) is 0.532. The first-order valence-corrected chi connectivity index (χ1v) is 4.53. The van der Waals surface area contributed by atoms with E-state index in [1.807, 2.05) is 0 Å². The van der Waals surface area contributed by atoms with Gasteiger partial charge in [0.1, 0.15) is 5.75 Å². The van der Waals surface area contributed by atoms with Gasteiger partial charge in [-0.3, -0.25) is 4.79 Å². The van der Waals surface area contributed by atoms with Gasteiger partial charge < -0.3 is 14.6 Å². The van der Waals surface area contributed by atoms with Crippen molar-refractivity contribution < 1.29 is 19.4 Å². The molecule has 0 unspecified atom stereocenters. The second-order valence-electron chi connectivity index (χ2n) is 2.48. The van der Waals surface area contributed by atoms with Crippen LogP contribution in [-0.4, -0.2) is 25.6 Å². The molecule has 0 fully saturated rings. The molecule has 0 radical (unpaired) electrons. The number of carbonyl (C=O) groups is 1. The number of rotatable bonds is 3. The third kappa shape index (κ3) is 1.68. The smallest absolute Gasteiger partial charge is 0.169 e. The normalized spacial score (nSPS) is 9.64. The minimum absolute atomic E-state index is 0.112. The van der Waals surface area contributed by atoms with Crippen LogP contribution in [0, 0.1) is 0 Å². The highest BCUT2D eigenvalue weighted by atomic mass is 79.9. The SMILES string of the molecule is COc1cc(OC)c(Br)c(C=O)c1O. The van der Waals surface area contributed by atoms with E-state index in [4.69, 9.17) is 9.47 Å². The maximum absolute atomic E-state index is 10.7. The average Bonchev–Trinajstić information content (AvgIpc) is 2.19. The zero-order chi connectivity index (χ0) is 10.7. The number of phenolic OH excluding ortho intramolecular Hbond substituents is 1. The van der Waals surface area contributed by atoms with E-state index in [2.05, 4.69) is 15.9 Å². The van der Waals surface area contributed by atoms with E-state index in [-0.39, 0.29) is 17.1 Å². The molecule has 1 aromatic rings. The van der Waals surface area contributed by atoms with Crippen LogP contribution in [0.5, 0.6) is 17.2 Å². The maximum Gasteiger partial charge on any atom is 0.169 e. The summed E-state index contributed by atoms with van der Waals surface area (Å²) < 4.78 is 10.3. The van der Waals surface area contributed by atoms with Crippen molar-refractivity contribution in [2.24, 2.45) is 0 Å². The van der Waals surface area contributed by atoms with Crippen LogP contribution < -0.4 is 9.47 Å². The molecule has 0 aliphatic heterocycles. The number of ether oxygens (including phenoxy) is 2. The van der Waals surface area contributed by atoms with Crippen LogP contribution in [0.4, 0.5) is 0 Å². The molecule has 1 rings (SSSR count). The Kier molecular flexibility index (Phi) is 3.35. The molecule has 5 heteroatoms. The van der Waals surface area contributed by atoms with Crippen LogP contribution in [0.3, 0.4) is 0 Å². The minimum atomic E-state index is -0.199. The number of carbonyl (C=O) groups excluding carboxylic acids is 1. The van der Waals surface area contributed by atoms with E-state index in [1.54, 1.807) is 0 Å². The van der Waals surface area contributed by atoms with Crippen LogP contribution in [0.15, 0.2) is 10.5 Å². The predicted molar refractivity (Wildman–Crippen MR) is 54.3 cm³/mol. The van der Waals surface area contributed by atoms with Gasteiger partial charge in [-0.2, -0.15) is 0 Å². The number of aromatic hydroxyl groups is 1. The molecule has 0 spiro atoms. The number of hydrogen-bond donors (Lipinski definition) is 1. The van der Waals surface area contributed by atoms with Gasteiger partial charge in [0.25, 0.3) is 0 Å². The number of hydrogen-bond acceptors (Lipinski definition) is 4. The van der Waals surface area contributed by atoms with Crippen molar-refractivity contribution >= 4 is 22.2 Å². The van der Waals surface area contributed by atoms with Crippen molar-refractivity contribution in [3.8, 4) is 17.2 Å². The number of halogens is 1. The molecule has 0 aliphatic rings. The maximum atomic E-state index is 10.7. The average molecular weight is 261 g/mol. The number of methoxy groups -OCH3 is 2. The second kappa shape index (κ2) is 4.32. The molecule has 0 saturated carbocycles. The molecule has 4 nitrogen and oxygen atoms in total. The Morgan fingerprint density at radius 1 is 1.36 bits per heavy atom. The summed E-state index contributed by atoms with van der Waals surface area (Å²) in [5.41, 5.74) is 0.112. The first-order chi connectivity index (χ1) is 6.65. The van der Waals surface area contributed by atoms with E-state index in [9.17, 15) is 9.90 Å². The lowest BCUT2D eigenvalue weighted by Gasteiger charge is -2.10. The number of aldehydes is 1. The summed E-state index contributed by atoms with van der Waals surface area (Å²) in [6, 6.07) is 1.49. The largest absolute Gasteiger partial charge is 0.504 e. The molecule has 0 amide bonds. The van der Waals surface area contributed by atoms with E-state index in [0.29, 0.717) is 16.5 Å². The summed E-state index contributed by atoms with van der Waals surface area (Å²) in [6.45, 7) is 0. The topological polar surface area (TPSA) is 55.8 Å². The summed E-state index contributed by atoms with van der Waals surface area (Å²) >= 11 is 3.14. The van der Waals surface area contributed by atoms with Crippen LogP contribution in [0.25, 0.3) is 0 Å². The standard InChI is InChI=1S/C9H9BrO4/c1-13-6-3-7(14-2)9(12)5(4-11)8(6)10/h3-4,12H,1-2H3. The Balaban J connectivity index is 3.46. The third-order valence-corrected chi connectivity index (χ3v) is 2.58. The Labute approximate surface area is 89.6 Å². The lowest BCUT2D eigenvalue weighted by molar-refractivity contribution is 0.111. The lowest BCUT2D eigenvalue weighted by atomic mass is 10.2. The molecule has 0 aromatic heterocycles. The summed E-state index contributed by atoms with van der Waals surface area (Å²) in [4.78, 5) is 10.7. The highest BCUT2D eigenvalue weighted by molar-refractivity contribution is 9.10. The predicted octanol–water partition coefficient (Wildman–Crippen LogP) is 1.98. The summed E-state index contributed by atoms with van der Waals surface area (Å²) in [7, 11) is 2.86. The molecular formula is C9H9BrO4. The van der Waals surface area contributed by atoms with Crippen molar-refractivity contribution in [3.05, 3.63) is 16.1 Å². The summed E-state index contributed by atoms with van der Waals surface area (Å²) in [5, 5.41) is 9.55. The van der Waals surface area contributed by atoms with Crippen molar-refractivity contribution in [1.82, 2.24) is 0 Å². The van der Waals surface area contributed by atoms with Gasteiger partial charge in [0.2, 0.25) is 0 Å². The first-order valence-electron chi connectivity index (χ1n) is 3.74. The van der Waals surface area contributed by atoms with Crippen molar-refractivity contribution in [1.29, 1.82) is 0 Å². The van der Waals surface area contributed by atoms with E-state index < -0.39 is 0 Å². The zero-order valence-corrected chi connectivity index (χ0v) is 9.29. The van der Waals surface area contributed by atoms with Crippen molar-refractivity contribution in [2.75, 3.05) is 14.2 Å². The Morgan fingerprint density at radius 2 is 1.93 bits per heavy atom. The molecule has 14 heavy (non-hydrogen) atoms. The molecule has 0 saturated heterocycles. The lowest BCUT2D eigenvalue weighted by Crippen LogP contribution is -1.94. The van der Waals surface area contributed by atoms with E-state index >= 15 is 0 Å². The van der Waals surface area contributed by atoms with Gasteiger partial charge in [0.15, 0.2) is 17.8 Å². The number of phenols is 1. The minimum Gasteiger partial charge on any atom is -0.504 e.